The molecule has 5 nitrogen and oxygen atoms in total. The van der Waals surface area contributed by atoms with Crippen molar-refractivity contribution in [3.05, 3.63) is 35.4 Å². The van der Waals surface area contributed by atoms with Gasteiger partial charge in [-0.25, -0.2) is 4.79 Å². The van der Waals surface area contributed by atoms with Crippen molar-refractivity contribution in [3.63, 3.8) is 0 Å². The number of hydrogen-bond acceptors (Lipinski definition) is 3. The molecule has 0 saturated carbocycles. The molecule has 5 heteroatoms. The molecule has 0 spiro atoms. The summed E-state index contributed by atoms with van der Waals surface area (Å²) in [6, 6.07) is 6.55. The number of aromatic carboxylic acids is 1. The predicted molar refractivity (Wildman–Crippen MR) is 67.7 cm³/mol. The second-order valence-electron chi connectivity index (χ2n) is 4.55. The van der Waals surface area contributed by atoms with E-state index in [1.165, 1.54) is 11.0 Å². The molecule has 0 radical (unpaired) electrons. The van der Waals surface area contributed by atoms with Crippen molar-refractivity contribution in [1.29, 1.82) is 0 Å². The number of imide groups is 1. The van der Waals surface area contributed by atoms with E-state index >= 15 is 0 Å². The SMILES string of the molecule is O=C(O)c1cccc(CCN2C(=O)CCCC2=O)c1. The van der Waals surface area contributed by atoms with Gasteiger partial charge in [-0.1, -0.05) is 12.1 Å². The zero-order chi connectivity index (χ0) is 13.8. The lowest BCUT2D eigenvalue weighted by atomic mass is 10.1. The third-order valence-corrected chi connectivity index (χ3v) is 3.18. The number of likely N-dealkylation sites (tertiary alicyclic amines) is 1. The minimum atomic E-state index is -0.980. The smallest absolute Gasteiger partial charge is 0.335 e. The van der Waals surface area contributed by atoms with Gasteiger partial charge < -0.3 is 5.11 Å². The fraction of sp³-hybridized carbons (Fsp3) is 0.357. The second-order valence-corrected chi connectivity index (χ2v) is 4.55. The van der Waals surface area contributed by atoms with Crippen LogP contribution in [0.5, 0.6) is 0 Å². The van der Waals surface area contributed by atoms with Gasteiger partial charge in [-0.05, 0) is 30.5 Å². The van der Waals surface area contributed by atoms with E-state index in [9.17, 15) is 14.4 Å². The number of piperidine rings is 1. The van der Waals surface area contributed by atoms with Crippen LogP contribution in [0.25, 0.3) is 0 Å². The minimum Gasteiger partial charge on any atom is -0.478 e. The Morgan fingerprint density at radius 2 is 1.89 bits per heavy atom. The maximum atomic E-state index is 11.6. The highest BCUT2D eigenvalue weighted by Gasteiger charge is 2.25. The van der Waals surface area contributed by atoms with Crippen molar-refractivity contribution in [1.82, 2.24) is 4.90 Å². The Labute approximate surface area is 110 Å². The highest BCUT2D eigenvalue weighted by atomic mass is 16.4. The van der Waals surface area contributed by atoms with Crippen LogP contribution < -0.4 is 0 Å². The van der Waals surface area contributed by atoms with Gasteiger partial charge in [0.25, 0.3) is 0 Å². The van der Waals surface area contributed by atoms with Crippen LogP contribution >= 0.6 is 0 Å². The molecular weight excluding hydrogens is 246 g/mol. The second kappa shape index (κ2) is 5.65. The predicted octanol–water partition coefficient (Wildman–Crippen LogP) is 1.47. The van der Waals surface area contributed by atoms with Gasteiger partial charge in [0.05, 0.1) is 5.56 Å². The molecule has 1 heterocycles. The van der Waals surface area contributed by atoms with E-state index in [-0.39, 0.29) is 17.4 Å². The molecule has 1 aliphatic heterocycles. The van der Waals surface area contributed by atoms with Crippen LogP contribution in [-0.2, 0) is 16.0 Å². The van der Waals surface area contributed by atoms with E-state index in [0.717, 1.165) is 5.56 Å². The summed E-state index contributed by atoms with van der Waals surface area (Å²) in [5.74, 6) is -1.25. The van der Waals surface area contributed by atoms with Gasteiger partial charge in [-0.15, -0.1) is 0 Å². The Bertz CT molecular complexity index is 508. The average Bonchev–Trinajstić information content (AvgIpc) is 2.38. The molecule has 1 fully saturated rings. The Morgan fingerprint density at radius 3 is 2.53 bits per heavy atom. The van der Waals surface area contributed by atoms with E-state index in [1.807, 2.05) is 0 Å². The van der Waals surface area contributed by atoms with E-state index < -0.39 is 5.97 Å². The van der Waals surface area contributed by atoms with Crippen molar-refractivity contribution >= 4 is 17.8 Å². The van der Waals surface area contributed by atoms with Gasteiger partial charge in [0.1, 0.15) is 0 Å². The summed E-state index contributed by atoms with van der Waals surface area (Å²) in [5.41, 5.74) is 1.03. The van der Waals surface area contributed by atoms with Crippen molar-refractivity contribution in [2.75, 3.05) is 6.54 Å². The van der Waals surface area contributed by atoms with Gasteiger partial charge in [0, 0.05) is 19.4 Å². The first-order valence-corrected chi connectivity index (χ1v) is 6.23. The molecule has 0 atom stereocenters. The molecule has 0 bridgehead atoms. The fourth-order valence-electron chi connectivity index (χ4n) is 2.15. The fourth-order valence-corrected chi connectivity index (χ4v) is 2.15. The number of carboxylic acid groups (broad SMARTS) is 1. The zero-order valence-corrected chi connectivity index (χ0v) is 10.5. The first-order valence-electron chi connectivity index (χ1n) is 6.23. The zero-order valence-electron chi connectivity index (χ0n) is 10.5. The number of rotatable bonds is 4. The molecule has 19 heavy (non-hydrogen) atoms. The first-order chi connectivity index (χ1) is 9.08. The third-order valence-electron chi connectivity index (χ3n) is 3.18. The van der Waals surface area contributed by atoms with Crippen LogP contribution in [0.15, 0.2) is 24.3 Å². The minimum absolute atomic E-state index is 0.134. The van der Waals surface area contributed by atoms with Crippen LogP contribution in [0.3, 0.4) is 0 Å². The lowest BCUT2D eigenvalue weighted by molar-refractivity contribution is -0.147. The summed E-state index contributed by atoms with van der Waals surface area (Å²) in [4.78, 5) is 35.3. The topological polar surface area (TPSA) is 74.7 Å². The van der Waals surface area contributed by atoms with E-state index in [0.29, 0.717) is 32.2 Å². The van der Waals surface area contributed by atoms with Gasteiger partial charge in [-0.3, -0.25) is 14.5 Å². The first kappa shape index (κ1) is 13.3. The quantitative estimate of drug-likeness (QED) is 0.833. The number of hydrogen-bond donors (Lipinski definition) is 1. The van der Waals surface area contributed by atoms with Gasteiger partial charge >= 0.3 is 5.97 Å². The molecule has 0 unspecified atom stereocenters. The number of amides is 2. The van der Waals surface area contributed by atoms with E-state index in [2.05, 4.69) is 0 Å². The summed E-state index contributed by atoms with van der Waals surface area (Å²) in [6.07, 6.45) is 1.95. The Balaban J connectivity index is 2.02. The number of carbonyl (C=O) groups excluding carboxylic acids is 2. The summed E-state index contributed by atoms with van der Waals surface area (Å²) in [5, 5.41) is 8.89. The van der Waals surface area contributed by atoms with Crippen LogP contribution in [0.1, 0.15) is 35.2 Å². The lowest BCUT2D eigenvalue weighted by Gasteiger charge is -2.24. The molecule has 2 amide bonds. The molecule has 1 aliphatic rings. The van der Waals surface area contributed by atoms with Crippen molar-refractivity contribution < 1.29 is 19.5 Å². The van der Waals surface area contributed by atoms with E-state index in [1.54, 1.807) is 18.2 Å². The Morgan fingerprint density at radius 1 is 1.21 bits per heavy atom. The van der Waals surface area contributed by atoms with Gasteiger partial charge in [0.15, 0.2) is 0 Å². The van der Waals surface area contributed by atoms with Crippen LogP contribution in [0, 0.1) is 0 Å². The largest absolute Gasteiger partial charge is 0.478 e. The molecule has 100 valence electrons. The van der Waals surface area contributed by atoms with Crippen LogP contribution in [0.2, 0.25) is 0 Å². The molecule has 2 rings (SSSR count). The molecular formula is C14H15NO4. The summed E-state index contributed by atoms with van der Waals surface area (Å²) < 4.78 is 0. The van der Waals surface area contributed by atoms with Gasteiger partial charge in [-0.2, -0.15) is 0 Å². The molecule has 1 aromatic carbocycles. The van der Waals surface area contributed by atoms with Crippen molar-refractivity contribution in [2.24, 2.45) is 0 Å². The molecule has 0 aliphatic carbocycles. The third kappa shape index (κ3) is 3.19. The lowest BCUT2D eigenvalue weighted by Crippen LogP contribution is -2.41. The molecule has 1 aromatic rings. The number of nitrogens with zero attached hydrogens (tertiary/aromatic N) is 1. The number of carbonyl (C=O) groups is 3. The van der Waals surface area contributed by atoms with Crippen molar-refractivity contribution in [2.45, 2.75) is 25.7 Å². The average molecular weight is 261 g/mol. The number of carboxylic acids is 1. The molecule has 1 N–H and O–H groups in total. The monoisotopic (exact) mass is 261 g/mol. The summed E-state index contributed by atoms with van der Waals surface area (Å²) in [6.45, 7) is 0.320. The Hall–Kier alpha value is -2.17. The van der Waals surface area contributed by atoms with Crippen molar-refractivity contribution in [3.8, 4) is 0 Å². The highest BCUT2D eigenvalue weighted by Crippen LogP contribution is 2.14. The normalized spacial score (nSPS) is 15.7. The Kier molecular flexibility index (Phi) is 3.94. The molecule has 0 aromatic heterocycles. The standard InChI is InChI=1S/C14H15NO4/c16-12-5-2-6-13(17)15(12)8-7-10-3-1-4-11(9-10)14(18)19/h1,3-4,9H,2,5-8H2,(H,18,19). The van der Waals surface area contributed by atoms with Crippen LogP contribution in [0.4, 0.5) is 0 Å². The number of benzene rings is 1. The van der Waals surface area contributed by atoms with Gasteiger partial charge in [0.2, 0.25) is 11.8 Å². The van der Waals surface area contributed by atoms with E-state index in [4.69, 9.17) is 5.11 Å². The molecule has 1 saturated heterocycles. The summed E-state index contributed by atoms with van der Waals surface area (Å²) >= 11 is 0. The highest BCUT2D eigenvalue weighted by molar-refractivity contribution is 5.97. The maximum absolute atomic E-state index is 11.6. The van der Waals surface area contributed by atoms with Crippen LogP contribution in [-0.4, -0.2) is 34.3 Å². The summed E-state index contributed by atoms with van der Waals surface area (Å²) in [7, 11) is 0. The maximum Gasteiger partial charge on any atom is 0.335 e.